The van der Waals surface area contributed by atoms with Gasteiger partial charge in [0.25, 0.3) is 11.8 Å². The third-order valence-corrected chi connectivity index (χ3v) is 6.43. The molecule has 3 rings (SSSR count). The molecule has 0 aliphatic rings. The van der Waals surface area contributed by atoms with Crippen LogP contribution in [0.3, 0.4) is 0 Å². The number of aryl methyl sites for hydroxylation is 2. The van der Waals surface area contributed by atoms with Gasteiger partial charge in [-0.15, -0.1) is 0 Å². The normalized spacial score (nSPS) is 11.8. The summed E-state index contributed by atoms with van der Waals surface area (Å²) in [6.45, 7) is 8.49. The van der Waals surface area contributed by atoms with Crippen molar-refractivity contribution < 1.29 is 14.4 Å². The second-order valence-corrected chi connectivity index (χ2v) is 9.71. The number of nitrogens with one attached hydrogen (secondary N) is 1. The Bertz CT molecular complexity index is 1220. The summed E-state index contributed by atoms with van der Waals surface area (Å²) in [6.07, 6.45) is 0.800. The van der Waals surface area contributed by atoms with Crippen LogP contribution in [-0.2, 0) is 4.79 Å². The summed E-state index contributed by atoms with van der Waals surface area (Å²) in [5.41, 5.74) is 14.3. The van der Waals surface area contributed by atoms with E-state index in [2.05, 4.69) is 23.5 Å². The van der Waals surface area contributed by atoms with E-state index in [-0.39, 0.29) is 22.2 Å². The number of rotatable bonds is 9. The third kappa shape index (κ3) is 6.05. The van der Waals surface area contributed by atoms with Gasteiger partial charge in [0.2, 0.25) is 5.91 Å². The van der Waals surface area contributed by atoms with Gasteiger partial charge in [-0.05, 0) is 61.0 Å². The van der Waals surface area contributed by atoms with Crippen molar-refractivity contribution >= 4 is 40.6 Å². The minimum absolute atomic E-state index is 0.0485. The number of nitrogen functional groups attached to an aromatic ring is 1. The molecule has 0 saturated carbocycles. The molecule has 0 spiro atoms. The number of nitrogens with two attached hydrogens (primary N) is 2. The Morgan fingerprint density at radius 3 is 2.31 bits per heavy atom. The van der Waals surface area contributed by atoms with Crippen molar-refractivity contribution in [2.24, 2.45) is 11.7 Å². The highest BCUT2D eigenvalue weighted by Crippen LogP contribution is 2.33. The second kappa shape index (κ2) is 11.1. The van der Waals surface area contributed by atoms with E-state index in [9.17, 15) is 14.4 Å². The van der Waals surface area contributed by atoms with Crippen molar-refractivity contribution in [1.29, 1.82) is 0 Å². The summed E-state index contributed by atoms with van der Waals surface area (Å²) in [4.78, 5) is 40.8. The maximum absolute atomic E-state index is 14.0. The average molecular weight is 494 g/mol. The van der Waals surface area contributed by atoms with Crippen LogP contribution in [0.15, 0.2) is 48.5 Å². The summed E-state index contributed by atoms with van der Waals surface area (Å²) in [5.74, 6) is -1.27. The molecule has 1 heterocycles. The molecule has 0 unspecified atom stereocenters. The first kappa shape index (κ1) is 25.9. The maximum Gasteiger partial charge on any atom is 0.273 e. The number of nitrogens with zero attached hydrogens (tertiary/aromatic N) is 2. The van der Waals surface area contributed by atoms with Crippen LogP contribution in [0.2, 0.25) is 0 Å². The molecule has 1 atom stereocenters. The molecule has 3 amide bonds. The molecule has 184 valence electrons. The fourth-order valence-electron chi connectivity index (χ4n) is 3.65. The Kier molecular flexibility index (Phi) is 8.24. The molecule has 1 aromatic heterocycles. The van der Waals surface area contributed by atoms with Crippen LogP contribution in [-0.4, -0.2) is 28.6 Å². The molecule has 0 saturated heterocycles. The molecule has 0 aliphatic carbocycles. The van der Waals surface area contributed by atoms with Crippen LogP contribution < -0.4 is 21.7 Å². The van der Waals surface area contributed by atoms with Gasteiger partial charge in [0, 0.05) is 12.2 Å². The lowest BCUT2D eigenvalue weighted by Gasteiger charge is -2.31. The van der Waals surface area contributed by atoms with E-state index in [4.69, 9.17) is 11.5 Å². The number of carbonyl (C=O) groups is 3. The van der Waals surface area contributed by atoms with Gasteiger partial charge < -0.3 is 16.8 Å². The van der Waals surface area contributed by atoms with Crippen LogP contribution in [0.5, 0.6) is 0 Å². The van der Waals surface area contributed by atoms with Crippen molar-refractivity contribution in [3.05, 3.63) is 75.8 Å². The number of hydrogen-bond acceptors (Lipinski definition) is 6. The van der Waals surface area contributed by atoms with Crippen molar-refractivity contribution in [3.8, 4) is 0 Å². The van der Waals surface area contributed by atoms with Crippen LogP contribution >= 0.6 is 11.5 Å². The summed E-state index contributed by atoms with van der Waals surface area (Å²) in [5, 5.41) is 2.99. The first-order chi connectivity index (χ1) is 16.6. The zero-order valence-corrected chi connectivity index (χ0v) is 21.2. The number of primary amides is 1. The van der Waals surface area contributed by atoms with E-state index < -0.39 is 17.9 Å². The van der Waals surface area contributed by atoms with Gasteiger partial charge >= 0.3 is 0 Å². The van der Waals surface area contributed by atoms with Gasteiger partial charge in [0.1, 0.15) is 10.9 Å². The van der Waals surface area contributed by atoms with E-state index in [0.29, 0.717) is 23.7 Å². The predicted molar refractivity (Wildman–Crippen MR) is 139 cm³/mol. The minimum Gasteiger partial charge on any atom is -0.395 e. The fraction of sp³-hybridized carbons (Fsp3) is 0.308. The summed E-state index contributed by atoms with van der Waals surface area (Å²) in [6, 6.07) is 13.8. The summed E-state index contributed by atoms with van der Waals surface area (Å²) < 4.78 is 3.98. The molecular formula is C26H31N5O3S. The van der Waals surface area contributed by atoms with Crippen LogP contribution in [0, 0.1) is 19.8 Å². The molecule has 2 aromatic carbocycles. The van der Waals surface area contributed by atoms with Crippen molar-refractivity contribution in [3.63, 3.8) is 0 Å². The first-order valence-electron chi connectivity index (χ1n) is 11.4. The highest BCUT2D eigenvalue weighted by atomic mass is 32.1. The molecular weight excluding hydrogens is 462 g/mol. The van der Waals surface area contributed by atoms with Crippen molar-refractivity contribution in [1.82, 2.24) is 9.69 Å². The van der Waals surface area contributed by atoms with Crippen LogP contribution in [0.1, 0.15) is 63.2 Å². The lowest BCUT2D eigenvalue weighted by Crippen LogP contribution is -2.44. The molecule has 0 fully saturated rings. The SMILES string of the molecule is Cc1ccc([C@H](C(=O)NCCC(C)C)N(C(=O)c2snc(C(N)=O)c2N)c2cccc(C)c2)cc1. The molecule has 5 N–H and O–H groups in total. The number of anilines is 2. The Morgan fingerprint density at radius 2 is 1.74 bits per heavy atom. The van der Waals surface area contributed by atoms with Gasteiger partial charge in [0.15, 0.2) is 5.69 Å². The molecule has 0 bridgehead atoms. The zero-order chi connectivity index (χ0) is 25.7. The van der Waals surface area contributed by atoms with E-state index in [1.165, 1.54) is 4.90 Å². The topological polar surface area (TPSA) is 131 Å². The molecule has 8 nitrogen and oxygen atoms in total. The Balaban J connectivity index is 2.16. The third-order valence-electron chi connectivity index (χ3n) is 5.57. The number of carbonyl (C=O) groups excluding carboxylic acids is 3. The second-order valence-electron chi connectivity index (χ2n) is 8.94. The van der Waals surface area contributed by atoms with E-state index in [0.717, 1.165) is 29.1 Å². The Labute approximate surface area is 209 Å². The van der Waals surface area contributed by atoms with Crippen LogP contribution in [0.4, 0.5) is 11.4 Å². The molecule has 3 aromatic rings. The summed E-state index contributed by atoms with van der Waals surface area (Å²) in [7, 11) is 0. The van der Waals surface area contributed by atoms with Crippen molar-refractivity contribution in [2.45, 2.75) is 40.2 Å². The molecule has 35 heavy (non-hydrogen) atoms. The molecule has 9 heteroatoms. The van der Waals surface area contributed by atoms with Gasteiger partial charge in [-0.1, -0.05) is 55.8 Å². The van der Waals surface area contributed by atoms with Gasteiger partial charge in [0.05, 0.1) is 5.69 Å². The number of aromatic nitrogens is 1. The average Bonchev–Trinajstić information content (AvgIpc) is 3.19. The quantitative estimate of drug-likeness (QED) is 0.415. The van der Waals surface area contributed by atoms with Gasteiger partial charge in [-0.2, -0.15) is 4.37 Å². The standard InChI is InChI=1S/C26H31N5O3S/c1-15(2)12-13-29-25(33)22(18-10-8-16(3)9-11-18)31(19-7-5-6-17(4)14-19)26(34)23-20(27)21(24(28)32)30-35-23/h5-11,14-15,22H,12-13,27H2,1-4H3,(H2,28,32)(H,29,33)/t22-/m1/s1. The number of hydrogen-bond donors (Lipinski definition) is 3. The van der Waals surface area contributed by atoms with E-state index >= 15 is 0 Å². The monoisotopic (exact) mass is 493 g/mol. The molecule has 0 aliphatic heterocycles. The van der Waals surface area contributed by atoms with Gasteiger partial charge in [-0.3, -0.25) is 19.3 Å². The highest BCUT2D eigenvalue weighted by molar-refractivity contribution is 7.09. The van der Waals surface area contributed by atoms with Crippen LogP contribution in [0.25, 0.3) is 0 Å². The Morgan fingerprint density at radius 1 is 1.06 bits per heavy atom. The lowest BCUT2D eigenvalue weighted by atomic mass is 10.0. The lowest BCUT2D eigenvalue weighted by molar-refractivity contribution is -0.122. The number of benzene rings is 2. The predicted octanol–water partition coefficient (Wildman–Crippen LogP) is 3.99. The van der Waals surface area contributed by atoms with Crippen molar-refractivity contribution in [2.75, 3.05) is 17.2 Å². The largest absolute Gasteiger partial charge is 0.395 e. The zero-order valence-electron chi connectivity index (χ0n) is 20.4. The van der Waals surface area contributed by atoms with E-state index in [1.807, 2.05) is 56.3 Å². The highest BCUT2D eigenvalue weighted by Gasteiger charge is 2.36. The molecule has 0 radical (unpaired) electrons. The smallest absolute Gasteiger partial charge is 0.273 e. The first-order valence-corrected chi connectivity index (χ1v) is 12.2. The minimum atomic E-state index is -0.976. The fourth-order valence-corrected chi connectivity index (χ4v) is 4.39. The summed E-state index contributed by atoms with van der Waals surface area (Å²) >= 11 is 0.790. The van der Waals surface area contributed by atoms with E-state index in [1.54, 1.807) is 6.07 Å². The Hall–Kier alpha value is -3.72. The number of amides is 3. The maximum atomic E-state index is 14.0. The van der Waals surface area contributed by atoms with Gasteiger partial charge in [-0.25, -0.2) is 0 Å².